The van der Waals surface area contributed by atoms with E-state index >= 15 is 0 Å². The van der Waals surface area contributed by atoms with Crippen LogP contribution in [0, 0.1) is 0 Å². The van der Waals surface area contributed by atoms with E-state index in [2.05, 4.69) is 12.1 Å². The van der Waals surface area contributed by atoms with Gasteiger partial charge < -0.3 is 9.42 Å². The summed E-state index contributed by atoms with van der Waals surface area (Å²) < 4.78 is 5.15. The topological polar surface area (TPSA) is 32.3 Å². The fraction of sp³-hybridized carbons (Fsp3) is 0.455. The Kier molecular flexibility index (Phi) is 11.7. The average Bonchev–Trinajstić information content (AvgIpc) is 2.28. The van der Waals surface area contributed by atoms with E-state index in [1.54, 1.807) is 0 Å². The molecule has 1 atom stereocenters. The first-order chi connectivity index (χ1) is 7.64. The Morgan fingerprint density at radius 1 is 1.35 bits per heavy atom. The van der Waals surface area contributed by atoms with Crippen LogP contribution in [0.3, 0.4) is 0 Å². The van der Waals surface area contributed by atoms with Crippen molar-refractivity contribution in [3.8, 4) is 0 Å². The summed E-state index contributed by atoms with van der Waals surface area (Å²) in [6.07, 6.45) is 1.72. The zero-order chi connectivity index (χ0) is 11.9. The van der Waals surface area contributed by atoms with Crippen molar-refractivity contribution >= 4 is 28.9 Å². The molecule has 0 spiro atoms. The summed E-state index contributed by atoms with van der Waals surface area (Å²) in [4.78, 5) is 11.7. The van der Waals surface area contributed by atoms with E-state index in [9.17, 15) is 4.89 Å². The van der Waals surface area contributed by atoms with Crippen LogP contribution in [-0.4, -0.2) is 12.4 Å². The van der Waals surface area contributed by atoms with Gasteiger partial charge in [-0.3, -0.25) is 0 Å². The number of hydrogen-bond acceptors (Lipinski definition) is 4. The van der Waals surface area contributed by atoms with Crippen molar-refractivity contribution in [1.82, 2.24) is 0 Å². The van der Waals surface area contributed by atoms with Crippen LogP contribution in [0.1, 0.15) is 18.9 Å². The van der Waals surface area contributed by atoms with Crippen molar-refractivity contribution in [1.29, 1.82) is 0 Å². The Morgan fingerprint density at radius 2 is 2.00 bits per heavy atom. The zero-order valence-electron chi connectivity index (χ0n) is 10.3. The van der Waals surface area contributed by atoms with Crippen LogP contribution < -0.4 is 56.3 Å². The van der Waals surface area contributed by atoms with Crippen LogP contribution in [0.4, 0.5) is 0 Å². The molecule has 0 amide bonds. The summed E-state index contributed by atoms with van der Waals surface area (Å²) in [6.45, 7) is 2.46. The minimum absolute atomic E-state index is 0. The first-order valence-electron chi connectivity index (χ1n) is 5.28. The Bertz CT molecular complexity index is 349. The molecule has 17 heavy (non-hydrogen) atoms. The number of hydrogen-bond donors (Lipinski definition) is 0. The Morgan fingerprint density at radius 3 is 2.59 bits per heavy atom. The Balaban J connectivity index is 0.00000256. The van der Waals surface area contributed by atoms with Gasteiger partial charge >= 0.3 is 51.4 Å². The second-order valence-corrected chi connectivity index (χ2v) is 9.52. The third-order valence-electron chi connectivity index (χ3n) is 1.94. The van der Waals surface area contributed by atoms with E-state index in [4.69, 9.17) is 16.3 Å². The molecule has 90 valence electrons. The van der Waals surface area contributed by atoms with Gasteiger partial charge in [0.2, 0.25) is 0 Å². The Labute approximate surface area is 155 Å². The van der Waals surface area contributed by atoms with E-state index in [0.717, 1.165) is 18.6 Å². The predicted molar refractivity (Wildman–Crippen MR) is 73.1 cm³/mol. The molecule has 0 N–H and O–H groups in total. The quantitative estimate of drug-likeness (QED) is 0.523. The number of benzene rings is 1. The molecule has 0 saturated heterocycles. The predicted octanol–water partition coefficient (Wildman–Crippen LogP) is -0.0223. The molecule has 0 fully saturated rings. The maximum absolute atomic E-state index is 11.7. The van der Waals surface area contributed by atoms with Crippen molar-refractivity contribution in [3.05, 3.63) is 35.9 Å². The molecule has 1 aromatic rings. The van der Waals surface area contributed by atoms with Gasteiger partial charge in [0.1, 0.15) is 0 Å². The average molecular weight is 314 g/mol. The van der Waals surface area contributed by atoms with Gasteiger partial charge in [0.05, 0.1) is 6.61 Å². The molecule has 1 aromatic carbocycles. The smallest absolute Gasteiger partial charge is 0.793 e. The molecule has 1 unspecified atom stereocenters. The first-order valence-corrected chi connectivity index (χ1v) is 9.51. The molecule has 1 rings (SSSR count). The molecule has 2 nitrogen and oxygen atoms in total. The molecule has 0 aliphatic carbocycles. The maximum Gasteiger partial charge on any atom is 1.00 e. The maximum atomic E-state index is 11.7. The summed E-state index contributed by atoms with van der Waals surface area (Å²) in [5.41, 5.74) is -1.61. The van der Waals surface area contributed by atoms with E-state index < -0.39 is 5.69 Å². The number of rotatable bonds is 7. The van der Waals surface area contributed by atoms with Crippen molar-refractivity contribution in [2.24, 2.45) is 0 Å². The minimum Gasteiger partial charge on any atom is -0.793 e. The van der Waals surface area contributed by atoms with Crippen LogP contribution in [-0.2, 0) is 22.8 Å². The molecule has 0 radical (unpaired) electrons. The second-order valence-electron chi connectivity index (χ2n) is 3.35. The second kappa shape index (κ2) is 10.6. The largest absolute Gasteiger partial charge is 1.00 e. The van der Waals surface area contributed by atoms with Crippen LogP contribution in [0.15, 0.2) is 30.3 Å². The first kappa shape index (κ1) is 18.8. The molecule has 0 aromatic heterocycles. The van der Waals surface area contributed by atoms with Gasteiger partial charge in [-0.1, -0.05) is 49.1 Å². The monoisotopic (exact) mass is 314 g/mol. The van der Waals surface area contributed by atoms with Gasteiger partial charge in [-0.25, -0.2) is 0 Å². The van der Waals surface area contributed by atoms with E-state index in [-0.39, 0.29) is 51.4 Å². The Hall–Kier alpha value is 1.78. The summed E-state index contributed by atoms with van der Waals surface area (Å²) in [5, 5.41) is 0. The normalized spacial score (nSPS) is 13.8. The summed E-state index contributed by atoms with van der Waals surface area (Å²) in [7, 11) is 0. The molecule has 0 bridgehead atoms. The molecule has 0 saturated carbocycles. The SMILES string of the molecule is CCCOP([O-])(=S)SCCc1ccccc1.[K+]. The van der Waals surface area contributed by atoms with Crippen molar-refractivity contribution in [2.75, 3.05) is 12.4 Å². The molecule has 6 heteroatoms. The van der Waals surface area contributed by atoms with E-state index in [0.29, 0.717) is 6.61 Å². The molecular formula is C11H16KO2PS2. The van der Waals surface area contributed by atoms with Crippen molar-refractivity contribution < 1.29 is 60.8 Å². The van der Waals surface area contributed by atoms with Crippen molar-refractivity contribution in [2.45, 2.75) is 19.8 Å². The zero-order valence-corrected chi connectivity index (χ0v) is 15.9. The molecule has 0 aliphatic rings. The van der Waals surface area contributed by atoms with Crippen LogP contribution in [0.25, 0.3) is 0 Å². The third-order valence-corrected chi connectivity index (χ3v) is 6.22. The van der Waals surface area contributed by atoms with Gasteiger partial charge in [0, 0.05) is 11.4 Å². The van der Waals surface area contributed by atoms with Crippen LogP contribution in [0.5, 0.6) is 0 Å². The fourth-order valence-corrected chi connectivity index (χ4v) is 4.48. The van der Waals surface area contributed by atoms with E-state index in [1.807, 2.05) is 25.1 Å². The third kappa shape index (κ3) is 9.33. The fourth-order valence-electron chi connectivity index (χ4n) is 1.16. The number of aryl methyl sites for hydroxylation is 1. The van der Waals surface area contributed by atoms with Crippen LogP contribution in [0.2, 0.25) is 0 Å². The van der Waals surface area contributed by atoms with Crippen molar-refractivity contribution in [3.63, 3.8) is 0 Å². The standard InChI is InChI=1S/C11H17O2PS2.K/c1-2-9-13-14(12,15)16-10-8-11-6-4-3-5-7-11;/h3-7H,2,8-10H2,1H3,(H,12,15);/q;+1/p-1. The van der Waals surface area contributed by atoms with Gasteiger partial charge in [0.25, 0.3) is 0 Å². The van der Waals surface area contributed by atoms with Gasteiger partial charge in [-0.05, 0) is 18.4 Å². The van der Waals surface area contributed by atoms with Gasteiger partial charge in [-0.2, -0.15) is 0 Å². The summed E-state index contributed by atoms with van der Waals surface area (Å²) in [5.74, 6) is 0.745. The van der Waals surface area contributed by atoms with E-state index in [1.165, 1.54) is 16.9 Å². The van der Waals surface area contributed by atoms with Gasteiger partial charge in [-0.15, -0.1) is 11.4 Å². The minimum atomic E-state index is -2.85. The van der Waals surface area contributed by atoms with Crippen LogP contribution >= 0.6 is 17.1 Å². The molecule has 0 aliphatic heterocycles. The molecule has 0 heterocycles. The summed E-state index contributed by atoms with van der Waals surface area (Å²) in [6, 6.07) is 10.1. The molecular weight excluding hydrogens is 298 g/mol. The van der Waals surface area contributed by atoms with Gasteiger partial charge in [0.15, 0.2) is 0 Å². The summed E-state index contributed by atoms with van der Waals surface area (Å²) >= 11 is 6.18.